The van der Waals surface area contributed by atoms with E-state index in [1.807, 2.05) is 0 Å². The molecule has 1 saturated heterocycles. The number of rotatable bonds is 4. The highest BCUT2D eigenvalue weighted by Crippen LogP contribution is 2.27. The van der Waals surface area contributed by atoms with E-state index in [1.54, 1.807) is 0 Å². The summed E-state index contributed by atoms with van der Waals surface area (Å²) in [5.74, 6) is 0. The van der Waals surface area contributed by atoms with Gasteiger partial charge in [-0.25, -0.2) is 4.79 Å². The largest absolute Gasteiger partial charge is 0.390 e. The van der Waals surface area contributed by atoms with Crippen LogP contribution in [0.5, 0.6) is 0 Å². The molecule has 1 aliphatic rings. The van der Waals surface area contributed by atoms with Crippen molar-refractivity contribution in [1.29, 1.82) is 0 Å². The molecule has 9 nitrogen and oxygen atoms in total. The Kier molecular flexibility index (Phi) is 4.33. The fourth-order valence-electron chi connectivity index (χ4n) is 2.03. The zero-order valence-corrected chi connectivity index (χ0v) is 12.3. The Morgan fingerprint density at radius 3 is 2.81 bits per heavy atom. The van der Waals surface area contributed by atoms with Crippen LogP contribution < -0.4 is 11.2 Å². The molecule has 0 spiro atoms. The van der Waals surface area contributed by atoms with Crippen LogP contribution in [-0.2, 0) is 19.0 Å². The van der Waals surface area contributed by atoms with Gasteiger partial charge in [0.1, 0.15) is 12.3 Å². The third-order valence-corrected chi connectivity index (χ3v) is 3.67. The average molecular weight is 320 g/mol. The molecule has 1 fully saturated rings. The summed E-state index contributed by atoms with van der Waals surface area (Å²) < 4.78 is 33.0. The SMILES string of the molecule is Cc1cn(C2C[C@@H](O)C(COS(C)(=O)=O)O2)c(=O)[nH]c1=O. The molecule has 1 aliphatic heterocycles. The number of nitrogens with zero attached hydrogens (tertiary/aromatic N) is 1. The summed E-state index contributed by atoms with van der Waals surface area (Å²) in [5.41, 5.74) is -0.831. The first-order valence-electron chi connectivity index (χ1n) is 6.17. The predicted molar refractivity (Wildman–Crippen MR) is 71.4 cm³/mol. The lowest BCUT2D eigenvalue weighted by Gasteiger charge is -2.15. The predicted octanol–water partition coefficient (Wildman–Crippen LogP) is -1.53. The summed E-state index contributed by atoms with van der Waals surface area (Å²) in [4.78, 5) is 25.2. The zero-order chi connectivity index (χ0) is 15.8. The van der Waals surface area contributed by atoms with E-state index in [0.717, 1.165) is 10.8 Å². The molecule has 21 heavy (non-hydrogen) atoms. The zero-order valence-electron chi connectivity index (χ0n) is 11.5. The molecule has 1 aromatic heterocycles. The summed E-state index contributed by atoms with van der Waals surface area (Å²) in [6.45, 7) is 1.19. The Bertz CT molecular complexity index is 736. The molecule has 0 aliphatic carbocycles. The Morgan fingerprint density at radius 2 is 2.19 bits per heavy atom. The number of aliphatic hydroxyl groups excluding tert-OH is 1. The molecule has 1 aromatic rings. The van der Waals surface area contributed by atoms with Crippen molar-refractivity contribution in [2.24, 2.45) is 0 Å². The van der Waals surface area contributed by atoms with Gasteiger partial charge in [-0.1, -0.05) is 0 Å². The Hall–Kier alpha value is -1.49. The first-order valence-corrected chi connectivity index (χ1v) is 7.99. The van der Waals surface area contributed by atoms with Crippen molar-refractivity contribution in [3.8, 4) is 0 Å². The van der Waals surface area contributed by atoms with Crippen molar-refractivity contribution in [3.05, 3.63) is 32.6 Å². The van der Waals surface area contributed by atoms with E-state index < -0.39 is 39.8 Å². The third-order valence-electron chi connectivity index (χ3n) is 3.11. The van der Waals surface area contributed by atoms with Gasteiger partial charge in [-0.3, -0.25) is 18.5 Å². The average Bonchev–Trinajstić information content (AvgIpc) is 2.72. The van der Waals surface area contributed by atoms with E-state index in [4.69, 9.17) is 4.74 Å². The van der Waals surface area contributed by atoms with Crippen molar-refractivity contribution in [1.82, 2.24) is 9.55 Å². The van der Waals surface area contributed by atoms with Gasteiger partial charge in [-0.2, -0.15) is 8.42 Å². The number of hydrogen-bond donors (Lipinski definition) is 2. The molecule has 0 saturated carbocycles. The van der Waals surface area contributed by atoms with Crippen LogP contribution in [0, 0.1) is 6.92 Å². The highest BCUT2D eigenvalue weighted by molar-refractivity contribution is 7.85. The van der Waals surface area contributed by atoms with Gasteiger partial charge in [0.25, 0.3) is 15.7 Å². The summed E-state index contributed by atoms with van der Waals surface area (Å²) in [6.07, 6.45) is -0.334. The molecule has 0 amide bonds. The number of nitrogens with one attached hydrogen (secondary N) is 1. The van der Waals surface area contributed by atoms with Crippen LogP contribution in [0.25, 0.3) is 0 Å². The summed E-state index contributed by atoms with van der Waals surface area (Å²) in [7, 11) is -3.64. The number of hydrogen-bond acceptors (Lipinski definition) is 7. The molecule has 118 valence electrons. The lowest BCUT2D eigenvalue weighted by atomic mass is 10.2. The summed E-state index contributed by atoms with van der Waals surface area (Å²) >= 11 is 0. The minimum atomic E-state index is -3.64. The normalized spacial score (nSPS) is 26.1. The molecule has 2 N–H and O–H groups in total. The maximum atomic E-state index is 11.7. The number of ether oxygens (including phenoxy) is 1. The molecule has 0 aromatic carbocycles. The van der Waals surface area contributed by atoms with Crippen LogP contribution in [0.15, 0.2) is 15.8 Å². The number of aromatic amines is 1. The van der Waals surface area contributed by atoms with E-state index >= 15 is 0 Å². The van der Waals surface area contributed by atoms with E-state index in [9.17, 15) is 23.1 Å². The van der Waals surface area contributed by atoms with Crippen molar-refractivity contribution >= 4 is 10.1 Å². The number of aliphatic hydroxyl groups is 1. The molecule has 0 radical (unpaired) electrons. The smallest absolute Gasteiger partial charge is 0.330 e. The Balaban J connectivity index is 2.16. The fourth-order valence-corrected chi connectivity index (χ4v) is 2.41. The minimum absolute atomic E-state index is 0.0865. The standard InChI is InChI=1S/C11H16N2O7S/c1-6-4-13(11(16)12-10(6)15)9-3-7(14)8(20-9)5-19-21(2,17)18/h4,7-9,14H,3,5H2,1-2H3,(H,12,15,16)/t7-,8?,9?/m1/s1. The van der Waals surface area contributed by atoms with Gasteiger partial charge >= 0.3 is 5.69 Å². The van der Waals surface area contributed by atoms with Crippen molar-refractivity contribution in [2.75, 3.05) is 12.9 Å². The number of H-pyrrole nitrogens is 1. The van der Waals surface area contributed by atoms with Gasteiger partial charge in [0.2, 0.25) is 0 Å². The third kappa shape index (κ3) is 3.79. The Labute approximate surface area is 120 Å². The van der Waals surface area contributed by atoms with Crippen LogP contribution in [0.2, 0.25) is 0 Å². The lowest BCUT2D eigenvalue weighted by molar-refractivity contribution is -0.0398. The second kappa shape index (κ2) is 5.72. The molecule has 2 rings (SSSR count). The van der Waals surface area contributed by atoms with Crippen LogP contribution >= 0.6 is 0 Å². The lowest BCUT2D eigenvalue weighted by Crippen LogP contribution is -2.33. The molecule has 10 heteroatoms. The summed E-state index contributed by atoms with van der Waals surface area (Å²) in [6, 6.07) is 0. The number of aryl methyl sites for hydroxylation is 1. The van der Waals surface area contributed by atoms with Gasteiger partial charge in [-0.05, 0) is 6.92 Å². The monoisotopic (exact) mass is 320 g/mol. The quantitative estimate of drug-likeness (QED) is 0.644. The van der Waals surface area contributed by atoms with Crippen LogP contribution in [-0.4, -0.2) is 48.1 Å². The van der Waals surface area contributed by atoms with E-state index in [1.165, 1.54) is 13.1 Å². The molecule has 2 unspecified atom stereocenters. The Morgan fingerprint density at radius 1 is 1.52 bits per heavy atom. The van der Waals surface area contributed by atoms with Gasteiger partial charge in [0.05, 0.1) is 19.0 Å². The molecule has 2 heterocycles. The van der Waals surface area contributed by atoms with Crippen molar-refractivity contribution < 1.29 is 22.4 Å². The fraction of sp³-hybridized carbons (Fsp3) is 0.636. The molecular formula is C11H16N2O7S. The first kappa shape index (κ1) is 15.9. The van der Waals surface area contributed by atoms with Crippen LogP contribution in [0.3, 0.4) is 0 Å². The molecular weight excluding hydrogens is 304 g/mol. The van der Waals surface area contributed by atoms with Gasteiger partial charge in [0.15, 0.2) is 0 Å². The highest BCUT2D eigenvalue weighted by Gasteiger charge is 2.36. The second-order valence-electron chi connectivity index (χ2n) is 4.90. The van der Waals surface area contributed by atoms with E-state index in [-0.39, 0.29) is 13.0 Å². The van der Waals surface area contributed by atoms with E-state index in [2.05, 4.69) is 9.17 Å². The van der Waals surface area contributed by atoms with Crippen LogP contribution in [0.1, 0.15) is 18.2 Å². The van der Waals surface area contributed by atoms with Crippen molar-refractivity contribution in [2.45, 2.75) is 31.8 Å². The van der Waals surface area contributed by atoms with Crippen LogP contribution in [0.4, 0.5) is 0 Å². The maximum Gasteiger partial charge on any atom is 0.330 e. The maximum absolute atomic E-state index is 11.7. The van der Waals surface area contributed by atoms with E-state index in [0.29, 0.717) is 5.56 Å². The van der Waals surface area contributed by atoms with Gasteiger partial charge in [0, 0.05) is 18.2 Å². The summed E-state index contributed by atoms with van der Waals surface area (Å²) in [5, 5.41) is 9.85. The van der Waals surface area contributed by atoms with Gasteiger partial charge < -0.3 is 9.84 Å². The molecule has 3 atom stereocenters. The first-order chi connectivity index (χ1) is 9.67. The highest BCUT2D eigenvalue weighted by atomic mass is 32.2. The van der Waals surface area contributed by atoms with Crippen molar-refractivity contribution in [3.63, 3.8) is 0 Å². The number of aromatic nitrogens is 2. The van der Waals surface area contributed by atoms with Gasteiger partial charge in [-0.15, -0.1) is 0 Å². The molecule has 0 bridgehead atoms. The second-order valence-corrected chi connectivity index (χ2v) is 6.54. The minimum Gasteiger partial charge on any atom is -0.390 e. The topological polar surface area (TPSA) is 128 Å².